The number of ketones is 2. The molecular formula is C67H95ClK2N8O13. The van der Waals surface area contributed by atoms with Crippen LogP contribution in [0.4, 0.5) is 0 Å². The molecule has 4 aromatic heterocycles. The molecule has 0 aromatic carbocycles. The first-order valence-corrected chi connectivity index (χ1v) is 31.0. The van der Waals surface area contributed by atoms with Crippen molar-refractivity contribution in [3.8, 4) is 0 Å². The largest absolute Gasteiger partial charge is 1.00 e. The van der Waals surface area contributed by atoms with Crippen LogP contribution in [-0.2, 0) is 72.4 Å². The third-order valence-electron chi connectivity index (χ3n) is 12.6. The topological polar surface area (TPSA) is 271 Å². The number of nitrogens with zero attached hydrogens (tertiary/aromatic N) is 7. The van der Waals surface area contributed by atoms with Crippen LogP contribution < -0.4 is 131 Å². The maximum atomic E-state index is 13.1. The summed E-state index contributed by atoms with van der Waals surface area (Å²) < 4.78 is 17.2. The Hall–Kier alpha value is -5.03. The van der Waals surface area contributed by atoms with Gasteiger partial charge in [-0.3, -0.25) is 51.8 Å². The van der Waals surface area contributed by atoms with Gasteiger partial charge in [0.2, 0.25) is 0 Å². The first-order valence-electron chi connectivity index (χ1n) is 30.5. The number of hydrogen-bond donors (Lipinski definition) is 1. The van der Waals surface area contributed by atoms with Crippen LogP contribution in [0.2, 0.25) is 0 Å². The summed E-state index contributed by atoms with van der Waals surface area (Å²) in [6, 6.07) is 0. The zero-order valence-corrected chi connectivity index (χ0v) is 62.0. The minimum Gasteiger partial charge on any atom is -1.00 e. The Labute approximate surface area is 627 Å². The fraction of sp³-hybridized carbons (Fsp3) is 0.478. The predicted molar refractivity (Wildman–Crippen MR) is 352 cm³/mol. The first kappa shape index (κ1) is 88.0. The van der Waals surface area contributed by atoms with E-state index in [9.17, 15) is 38.4 Å². The molecule has 24 heteroatoms. The van der Waals surface area contributed by atoms with E-state index in [1.54, 1.807) is 14.0 Å². The fourth-order valence-corrected chi connectivity index (χ4v) is 8.09. The molecule has 21 nitrogen and oxygen atoms in total. The first-order chi connectivity index (χ1) is 43.1. The number of aryl methyl sites for hydroxylation is 2. The van der Waals surface area contributed by atoms with E-state index in [4.69, 9.17) is 31.1 Å². The molecule has 0 amide bonds. The number of fused-ring (bicyclic) bond motifs is 2. The summed E-state index contributed by atoms with van der Waals surface area (Å²) in [5.74, 6) is 0.297. The molecule has 0 unspecified atom stereocenters. The van der Waals surface area contributed by atoms with Crippen molar-refractivity contribution in [2.24, 2.45) is 14.1 Å². The Bertz CT molecular complexity index is 3290. The van der Waals surface area contributed by atoms with Crippen LogP contribution in [0.5, 0.6) is 0 Å². The van der Waals surface area contributed by atoms with Crippen molar-refractivity contribution in [3.05, 3.63) is 176 Å². The van der Waals surface area contributed by atoms with Crippen LogP contribution in [-0.4, -0.2) is 73.6 Å². The molecule has 4 rings (SSSR count). The number of hydrogen-bond acceptors (Lipinski definition) is 15. The zero-order valence-electron chi connectivity index (χ0n) is 56.0. The van der Waals surface area contributed by atoms with Gasteiger partial charge in [-0.05, 0) is 129 Å². The molecule has 0 saturated heterocycles. The third-order valence-corrected chi connectivity index (χ3v) is 12.9. The molecule has 1 N–H and O–H groups in total. The number of carbonyl (C=O) groups excluding carboxylic acids is 5. The zero-order chi connectivity index (χ0) is 65.7. The Kier molecular flexibility index (Phi) is 56.9. The molecule has 0 fully saturated rings. The van der Waals surface area contributed by atoms with E-state index in [1.165, 1.54) is 44.9 Å². The number of aromatic amines is 1. The van der Waals surface area contributed by atoms with Crippen LogP contribution >= 0.6 is 11.6 Å². The van der Waals surface area contributed by atoms with Crippen molar-refractivity contribution in [3.63, 3.8) is 0 Å². The molecule has 0 spiro atoms. The number of carbonyl (C=O) groups is 5. The van der Waals surface area contributed by atoms with Crippen molar-refractivity contribution in [2.45, 2.75) is 189 Å². The second kappa shape index (κ2) is 58.8. The Morgan fingerprint density at radius 3 is 1.27 bits per heavy atom. The number of unbranched alkanes of at least 4 members (excludes halogenated alkanes) is 4. The van der Waals surface area contributed by atoms with Gasteiger partial charge < -0.3 is 30.6 Å². The van der Waals surface area contributed by atoms with Crippen molar-refractivity contribution < 1.29 is 148 Å². The summed E-state index contributed by atoms with van der Waals surface area (Å²) in [7, 11) is 3.06. The molecule has 0 atom stereocenters. The van der Waals surface area contributed by atoms with Crippen LogP contribution in [0.15, 0.2) is 153 Å². The summed E-state index contributed by atoms with van der Waals surface area (Å²) in [5.41, 5.74) is -1.17. The summed E-state index contributed by atoms with van der Waals surface area (Å²) in [4.78, 5) is 117. The number of H-pyrrole nitrogens is 1. The normalized spacial score (nSPS) is 11.6. The summed E-state index contributed by atoms with van der Waals surface area (Å²) >= 11 is 5.37. The van der Waals surface area contributed by atoms with E-state index in [0.717, 1.165) is 94.5 Å². The number of halogens is 1. The third kappa shape index (κ3) is 42.0. The van der Waals surface area contributed by atoms with Gasteiger partial charge in [0.1, 0.15) is 24.2 Å². The smallest absolute Gasteiger partial charge is 1.00 e. The van der Waals surface area contributed by atoms with Crippen LogP contribution in [0.25, 0.3) is 22.3 Å². The fourth-order valence-electron chi connectivity index (χ4n) is 7.91. The van der Waals surface area contributed by atoms with Crippen molar-refractivity contribution in [1.29, 1.82) is 0 Å². The molecular weight excluding hydrogens is 1240 g/mol. The SMILES string of the molecule is CC(=O)CCCCCl.CC/C=C\C/C=C\C/C=C\C/C=C\C/C=C\CCCC(=O)OCn1cnc2c1c(=O)[nH]c(=O)n2C.CC/C=C\C/C=C\C/C=C\C/C=C\C/C=C\CCCC(=O)OCn1cnc2c1c(=O)n(CCCCC(C)=O)c(=O)n2C.O=CO[O-].[H-].[K+].[K+]. The second-order valence-electron chi connectivity index (χ2n) is 20.1. The van der Waals surface area contributed by atoms with Gasteiger partial charge in [-0.15, -0.1) is 11.6 Å². The Balaban J connectivity index is -0.00000143. The van der Waals surface area contributed by atoms with Gasteiger partial charge in [-0.25, -0.2) is 19.6 Å². The predicted octanol–water partition coefficient (Wildman–Crippen LogP) is 5.46. The van der Waals surface area contributed by atoms with E-state index < -0.39 is 22.5 Å². The maximum absolute atomic E-state index is 13.1. The molecule has 0 bridgehead atoms. The van der Waals surface area contributed by atoms with Gasteiger partial charge in [-0.2, -0.15) is 0 Å². The molecule has 0 aliphatic carbocycles. The summed E-state index contributed by atoms with van der Waals surface area (Å²) in [5, 5.41) is 8.43. The summed E-state index contributed by atoms with van der Waals surface area (Å²) in [6.45, 7) is 7.13. The number of rotatable bonds is 40. The number of ether oxygens (including phenoxy) is 2. The second-order valence-corrected chi connectivity index (χ2v) is 20.5. The average molecular weight is 1330 g/mol. The van der Waals surface area contributed by atoms with Crippen molar-refractivity contribution in [1.82, 2.24) is 37.8 Å². The molecule has 4 heterocycles. The molecule has 0 aliphatic rings. The number of imidazole rings is 2. The number of alkyl halides is 1. The molecule has 490 valence electrons. The maximum Gasteiger partial charge on any atom is 1.00 e. The standard InChI is InChI=1S/C33H46N4O5.C27H36N4O4.C6H11ClO.CH2O3.2K.H/c1-4-5-6-7-8-9-10-11-12-13-14-15-16-17-18-19-20-24-29(39)42-27-36-26-34-31-30(36)32(40)37(33(41)35(31)3)25-22-21-23-28(2)38;1-3-4-5-6-7-8-9-10-11-12-13-14-15-16-17-18-19-20-23(32)35-22-31-21-28-25-24(31)26(33)29-27(34)30(25)2;1-6(8)4-2-3-5-7;2-1-4-3;;;/h5-6,8-9,11-12,14-15,17-18,26H,4,7,10,13,16,19-25,27H2,1-3H3;4-5,7-8,10-11,13-14,16-17,21H,3,6,9,12,15,18-20,22H2,1-2H3,(H,29,33,34);2-5H2,1H3;1,3H;;;/q;;;;2*+1;-1/p-1/b6-5-,9-8-,12-11-,15-14-,18-17-;5-4-,8-7-,11-10-,14-13-,17-16-;;;;;. The van der Waals surface area contributed by atoms with E-state index in [0.29, 0.717) is 44.4 Å². The molecule has 91 heavy (non-hydrogen) atoms. The van der Waals surface area contributed by atoms with Gasteiger partial charge in [0.15, 0.2) is 35.8 Å². The number of aromatic nitrogens is 8. The Morgan fingerprint density at radius 2 is 0.901 bits per heavy atom. The van der Waals surface area contributed by atoms with E-state index in [-0.39, 0.29) is 189 Å². The van der Waals surface area contributed by atoms with E-state index in [1.807, 2.05) is 0 Å². The van der Waals surface area contributed by atoms with Crippen LogP contribution in [0.3, 0.4) is 0 Å². The molecule has 4 aromatic rings. The molecule has 0 radical (unpaired) electrons. The van der Waals surface area contributed by atoms with Gasteiger partial charge in [0.25, 0.3) is 17.6 Å². The summed E-state index contributed by atoms with van der Waals surface area (Å²) in [6.07, 6.45) is 63.0. The Morgan fingerprint density at radius 1 is 0.538 bits per heavy atom. The molecule has 0 aliphatic heterocycles. The average Bonchev–Trinajstić information content (AvgIpc) is 1.57. The monoisotopic (exact) mass is 1330 g/mol. The van der Waals surface area contributed by atoms with E-state index >= 15 is 0 Å². The van der Waals surface area contributed by atoms with Crippen molar-refractivity contribution >= 4 is 63.9 Å². The van der Waals surface area contributed by atoms with Crippen LogP contribution in [0.1, 0.15) is 170 Å². The molecule has 0 saturated carbocycles. The van der Waals surface area contributed by atoms with Gasteiger partial charge in [-0.1, -0.05) is 135 Å². The number of Topliss-reactive ketones (excluding diaryl/α,β-unsaturated/α-hetero) is 2. The minimum absolute atomic E-state index is 0. The van der Waals surface area contributed by atoms with Crippen LogP contribution in [0, 0.1) is 0 Å². The minimum atomic E-state index is -0.560. The number of nitrogens with one attached hydrogen (secondary N) is 1. The van der Waals surface area contributed by atoms with Gasteiger partial charge >= 0.3 is 126 Å². The van der Waals surface area contributed by atoms with Crippen molar-refractivity contribution in [2.75, 3.05) is 5.88 Å². The van der Waals surface area contributed by atoms with Gasteiger partial charge in [0, 0.05) is 52.2 Å². The number of esters is 2. The van der Waals surface area contributed by atoms with Gasteiger partial charge in [0.05, 0.1) is 0 Å². The quantitative estimate of drug-likeness (QED) is 0.00846. The number of allylic oxidation sites excluding steroid dienone is 20. The van der Waals surface area contributed by atoms with E-state index in [2.05, 4.69) is 155 Å².